The molecule has 5 nitrogen and oxygen atoms in total. The molecule has 1 rings (SSSR count). The summed E-state index contributed by atoms with van der Waals surface area (Å²) in [6, 6.07) is 3.46. The molecule has 0 spiro atoms. The number of carbonyl (C=O) groups excluding carboxylic acids is 1. The number of nitrogens with two attached hydrogens (primary N) is 1. The molecular formula is C15H22ClNO4. The lowest BCUT2D eigenvalue weighted by atomic mass is 9.95. The predicted octanol–water partition coefficient (Wildman–Crippen LogP) is 2.43. The largest absolute Gasteiger partial charge is 0.493 e. The molecule has 0 saturated heterocycles. The van der Waals surface area contributed by atoms with Crippen molar-refractivity contribution < 1.29 is 19.0 Å². The normalized spacial score (nSPS) is 11.1. The number of carbonyl (C=O) groups is 1. The third-order valence-electron chi connectivity index (χ3n) is 3.05. The Kier molecular flexibility index (Phi) is 6.30. The molecule has 0 unspecified atom stereocenters. The second-order valence-electron chi connectivity index (χ2n) is 5.30. The number of halogens is 1. The molecule has 0 aliphatic carbocycles. The van der Waals surface area contributed by atoms with Crippen molar-refractivity contribution in [2.75, 3.05) is 27.4 Å². The van der Waals surface area contributed by atoms with E-state index < -0.39 is 5.41 Å². The van der Waals surface area contributed by atoms with Gasteiger partial charge in [-0.2, -0.15) is 0 Å². The van der Waals surface area contributed by atoms with Crippen LogP contribution < -0.4 is 15.2 Å². The van der Waals surface area contributed by atoms with Gasteiger partial charge in [-0.25, -0.2) is 0 Å². The molecule has 0 heterocycles. The third-order valence-corrected chi connectivity index (χ3v) is 3.26. The molecule has 0 bridgehead atoms. The monoisotopic (exact) mass is 315 g/mol. The highest BCUT2D eigenvalue weighted by atomic mass is 35.5. The van der Waals surface area contributed by atoms with Gasteiger partial charge in [0.25, 0.3) is 0 Å². The second kappa shape index (κ2) is 7.52. The molecule has 2 N–H and O–H groups in total. The van der Waals surface area contributed by atoms with Gasteiger partial charge in [-0.1, -0.05) is 11.6 Å². The fourth-order valence-electron chi connectivity index (χ4n) is 1.87. The van der Waals surface area contributed by atoms with Crippen molar-refractivity contribution in [3.63, 3.8) is 0 Å². The van der Waals surface area contributed by atoms with Crippen LogP contribution in [0, 0.1) is 5.41 Å². The van der Waals surface area contributed by atoms with Crippen molar-refractivity contribution in [2.24, 2.45) is 11.1 Å². The molecule has 0 aromatic heterocycles. The van der Waals surface area contributed by atoms with E-state index in [9.17, 15) is 4.79 Å². The first kappa shape index (κ1) is 17.6. The summed E-state index contributed by atoms with van der Waals surface area (Å²) in [5.41, 5.74) is 5.69. The van der Waals surface area contributed by atoms with Crippen LogP contribution in [0.25, 0.3) is 0 Å². The Morgan fingerprint density at radius 2 is 2.00 bits per heavy atom. The van der Waals surface area contributed by atoms with Crippen molar-refractivity contribution in [2.45, 2.75) is 20.3 Å². The molecule has 1 aromatic rings. The zero-order chi connectivity index (χ0) is 16.0. The minimum Gasteiger partial charge on any atom is -0.493 e. The molecule has 0 fully saturated rings. The number of hydrogen-bond donors (Lipinski definition) is 1. The van der Waals surface area contributed by atoms with Gasteiger partial charge in [-0.15, -0.1) is 0 Å². The van der Waals surface area contributed by atoms with Gasteiger partial charge in [0.15, 0.2) is 11.5 Å². The van der Waals surface area contributed by atoms with Gasteiger partial charge >= 0.3 is 5.97 Å². The standard InChI is InChI=1S/C15H22ClNO4/c1-15(2,14(18)20-4)9-21-13-10(5-6-17)7-11(16)8-12(13)19-3/h7-8H,5-6,9,17H2,1-4H3. The van der Waals surface area contributed by atoms with E-state index in [1.807, 2.05) is 0 Å². The summed E-state index contributed by atoms with van der Waals surface area (Å²) in [7, 11) is 2.89. The lowest BCUT2D eigenvalue weighted by Crippen LogP contribution is -2.32. The maximum absolute atomic E-state index is 11.7. The zero-order valence-electron chi connectivity index (χ0n) is 12.9. The van der Waals surface area contributed by atoms with Crippen LogP contribution in [0.2, 0.25) is 5.02 Å². The molecular weight excluding hydrogens is 294 g/mol. The van der Waals surface area contributed by atoms with Crippen LogP contribution in [-0.2, 0) is 16.0 Å². The molecule has 6 heteroatoms. The van der Waals surface area contributed by atoms with E-state index in [0.717, 1.165) is 5.56 Å². The molecule has 0 atom stereocenters. The number of esters is 1. The summed E-state index contributed by atoms with van der Waals surface area (Å²) in [5.74, 6) is 0.742. The Morgan fingerprint density at radius 1 is 1.33 bits per heavy atom. The average molecular weight is 316 g/mol. The fraction of sp³-hybridized carbons (Fsp3) is 0.533. The predicted molar refractivity (Wildman–Crippen MR) is 82.1 cm³/mol. The minimum atomic E-state index is -0.765. The molecule has 0 aliphatic heterocycles. The van der Waals surface area contributed by atoms with E-state index in [2.05, 4.69) is 0 Å². The minimum absolute atomic E-state index is 0.162. The van der Waals surface area contributed by atoms with Crippen LogP contribution in [0.3, 0.4) is 0 Å². The van der Waals surface area contributed by atoms with E-state index in [0.29, 0.717) is 29.5 Å². The van der Waals surface area contributed by atoms with Crippen molar-refractivity contribution in [3.05, 3.63) is 22.7 Å². The molecule has 0 saturated carbocycles. The Morgan fingerprint density at radius 3 is 2.52 bits per heavy atom. The van der Waals surface area contributed by atoms with E-state index in [-0.39, 0.29) is 12.6 Å². The first-order valence-electron chi connectivity index (χ1n) is 6.63. The third kappa shape index (κ3) is 4.51. The van der Waals surface area contributed by atoms with Crippen molar-refractivity contribution >= 4 is 17.6 Å². The summed E-state index contributed by atoms with van der Waals surface area (Å²) >= 11 is 6.05. The second-order valence-corrected chi connectivity index (χ2v) is 5.74. The lowest BCUT2D eigenvalue weighted by Gasteiger charge is -2.23. The van der Waals surface area contributed by atoms with Crippen molar-refractivity contribution in [1.82, 2.24) is 0 Å². The van der Waals surface area contributed by atoms with Crippen LogP contribution in [0.5, 0.6) is 11.5 Å². The number of benzene rings is 1. The molecule has 21 heavy (non-hydrogen) atoms. The number of methoxy groups -OCH3 is 2. The summed E-state index contributed by atoms with van der Waals surface area (Å²) in [5, 5.41) is 0.551. The summed E-state index contributed by atoms with van der Waals surface area (Å²) in [6.45, 7) is 4.13. The molecule has 0 aliphatic rings. The molecule has 0 amide bonds. The van der Waals surface area contributed by atoms with Crippen LogP contribution in [-0.4, -0.2) is 33.3 Å². The zero-order valence-corrected chi connectivity index (χ0v) is 13.6. The van der Waals surface area contributed by atoms with E-state index in [1.165, 1.54) is 14.2 Å². The number of ether oxygens (including phenoxy) is 3. The average Bonchev–Trinajstić information content (AvgIpc) is 2.44. The Labute approximate surface area is 130 Å². The smallest absolute Gasteiger partial charge is 0.314 e. The first-order valence-corrected chi connectivity index (χ1v) is 7.01. The quantitative estimate of drug-likeness (QED) is 0.782. The fourth-order valence-corrected chi connectivity index (χ4v) is 2.10. The van der Waals surface area contributed by atoms with Crippen LogP contribution in [0.15, 0.2) is 12.1 Å². The number of hydrogen-bond acceptors (Lipinski definition) is 5. The summed E-state index contributed by atoms with van der Waals surface area (Å²) in [4.78, 5) is 11.7. The highest BCUT2D eigenvalue weighted by molar-refractivity contribution is 6.30. The topological polar surface area (TPSA) is 70.8 Å². The van der Waals surface area contributed by atoms with Gasteiger partial charge < -0.3 is 19.9 Å². The van der Waals surface area contributed by atoms with Gasteiger partial charge in [0.05, 0.1) is 19.6 Å². The molecule has 0 radical (unpaired) electrons. The Balaban J connectivity index is 3.03. The van der Waals surface area contributed by atoms with Gasteiger partial charge in [0.1, 0.15) is 6.61 Å². The lowest BCUT2D eigenvalue weighted by molar-refractivity contribution is -0.152. The van der Waals surface area contributed by atoms with Crippen molar-refractivity contribution in [3.8, 4) is 11.5 Å². The van der Waals surface area contributed by atoms with Gasteiger partial charge in [-0.05, 0) is 32.9 Å². The maximum atomic E-state index is 11.7. The number of rotatable bonds is 7. The highest BCUT2D eigenvalue weighted by Crippen LogP contribution is 2.36. The first-order chi connectivity index (χ1) is 9.85. The van der Waals surface area contributed by atoms with Gasteiger partial charge in [0.2, 0.25) is 0 Å². The molecule has 118 valence electrons. The van der Waals surface area contributed by atoms with Crippen LogP contribution in [0.1, 0.15) is 19.4 Å². The maximum Gasteiger partial charge on any atom is 0.314 e. The van der Waals surface area contributed by atoms with E-state index >= 15 is 0 Å². The van der Waals surface area contributed by atoms with Crippen LogP contribution in [0.4, 0.5) is 0 Å². The Hall–Kier alpha value is -1.46. The highest BCUT2D eigenvalue weighted by Gasteiger charge is 2.30. The van der Waals surface area contributed by atoms with Gasteiger partial charge in [-0.3, -0.25) is 4.79 Å². The summed E-state index contributed by atoms with van der Waals surface area (Å²) in [6.07, 6.45) is 0.602. The van der Waals surface area contributed by atoms with E-state index in [4.69, 9.17) is 31.5 Å². The Bertz CT molecular complexity index is 503. The molecule has 1 aromatic carbocycles. The van der Waals surface area contributed by atoms with Crippen molar-refractivity contribution in [1.29, 1.82) is 0 Å². The summed E-state index contributed by atoms with van der Waals surface area (Å²) < 4.78 is 15.9. The SMILES string of the molecule is COC(=O)C(C)(C)COc1c(CCN)cc(Cl)cc1OC. The van der Waals surface area contributed by atoms with Gasteiger partial charge in [0, 0.05) is 16.7 Å². The van der Waals surface area contributed by atoms with E-state index in [1.54, 1.807) is 26.0 Å². The van der Waals surface area contributed by atoms with Crippen LogP contribution >= 0.6 is 11.6 Å².